The molecule has 0 aliphatic heterocycles. The van der Waals surface area contributed by atoms with Gasteiger partial charge >= 0.3 is 5.97 Å². The number of aliphatic hydroxyl groups is 2. The van der Waals surface area contributed by atoms with E-state index in [1.165, 1.54) is 38.5 Å². The van der Waals surface area contributed by atoms with E-state index in [0.717, 1.165) is 57.8 Å². The molecule has 4 heteroatoms. The zero-order valence-corrected chi connectivity index (χ0v) is 24.7. The minimum Gasteiger partial charge on any atom is -0.462 e. The van der Waals surface area contributed by atoms with Crippen LogP contribution >= 0.6 is 0 Å². The van der Waals surface area contributed by atoms with E-state index in [1.54, 1.807) is 0 Å². The number of rotatable bonds is 11. The van der Waals surface area contributed by atoms with Gasteiger partial charge < -0.3 is 14.9 Å². The zero-order chi connectivity index (χ0) is 26.8. The Morgan fingerprint density at radius 3 is 2.32 bits per heavy atom. The lowest BCUT2D eigenvalue weighted by Gasteiger charge is -2.63. The molecule has 214 valence electrons. The summed E-state index contributed by atoms with van der Waals surface area (Å²) in [6.45, 7) is 11.7. The van der Waals surface area contributed by atoms with E-state index in [1.807, 2.05) is 0 Å². The Bertz CT molecular complexity index is 753. The van der Waals surface area contributed by atoms with Crippen molar-refractivity contribution in [3.8, 4) is 0 Å². The molecular formula is C33H58O4. The Hall–Kier alpha value is -0.610. The summed E-state index contributed by atoms with van der Waals surface area (Å²) in [7, 11) is 0. The predicted octanol–water partition coefficient (Wildman–Crippen LogP) is 7.69. The number of hydrogen-bond acceptors (Lipinski definition) is 4. The van der Waals surface area contributed by atoms with Crippen molar-refractivity contribution in [2.24, 2.45) is 46.3 Å². The number of esters is 1. The lowest BCUT2D eigenvalue weighted by atomic mass is 9.43. The molecule has 4 aliphatic carbocycles. The van der Waals surface area contributed by atoms with Crippen molar-refractivity contribution in [1.82, 2.24) is 0 Å². The van der Waals surface area contributed by atoms with Crippen LogP contribution in [0.4, 0.5) is 0 Å². The third-order valence-corrected chi connectivity index (χ3v) is 12.4. The minimum absolute atomic E-state index is 0.000996. The Kier molecular flexibility index (Phi) is 9.75. The summed E-state index contributed by atoms with van der Waals surface area (Å²) in [6.07, 6.45) is 16.5. The standard InChI is InChI=1S/C33H58O4/c1-6-8-9-10-11-12-13-14-30(36)37-24-17-18-32(4)23(19-24)20-28(34)31-26-16-15-25(22(3)7-2)33(26,5)29(35)21-27(31)32/h22-29,31,34-35H,6-21H2,1-5H3/t22-,23+,24+,25?,26-,27?,28-,29?,31+,32?,33?/m0/s1. The first-order valence-corrected chi connectivity index (χ1v) is 16.2. The van der Waals surface area contributed by atoms with Crippen LogP contribution in [0.2, 0.25) is 0 Å². The van der Waals surface area contributed by atoms with Gasteiger partial charge in [0, 0.05) is 6.42 Å². The first-order valence-electron chi connectivity index (χ1n) is 16.2. The largest absolute Gasteiger partial charge is 0.462 e. The molecule has 0 bridgehead atoms. The van der Waals surface area contributed by atoms with Gasteiger partial charge in [-0.2, -0.15) is 0 Å². The highest BCUT2D eigenvalue weighted by atomic mass is 16.5. The maximum absolute atomic E-state index is 12.6. The van der Waals surface area contributed by atoms with Gasteiger partial charge in [-0.05, 0) is 97.7 Å². The van der Waals surface area contributed by atoms with E-state index in [4.69, 9.17) is 4.74 Å². The van der Waals surface area contributed by atoms with Crippen molar-refractivity contribution in [3.63, 3.8) is 0 Å². The zero-order valence-electron chi connectivity index (χ0n) is 24.7. The normalized spacial score (nSPS) is 44.0. The van der Waals surface area contributed by atoms with Crippen LogP contribution in [0.15, 0.2) is 0 Å². The first-order chi connectivity index (χ1) is 17.7. The fourth-order valence-corrected chi connectivity index (χ4v) is 9.98. The van der Waals surface area contributed by atoms with Crippen LogP contribution in [0.1, 0.15) is 137 Å². The van der Waals surface area contributed by atoms with Gasteiger partial charge in [0.15, 0.2) is 0 Å². The van der Waals surface area contributed by atoms with Crippen LogP contribution in [0, 0.1) is 46.3 Å². The number of carbonyl (C=O) groups is 1. The van der Waals surface area contributed by atoms with Crippen LogP contribution in [-0.2, 0) is 9.53 Å². The average molecular weight is 519 g/mol. The summed E-state index contributed by atoms with van der Waals surface area (Å²) < 4.78 is 5.99. The molecule has 0 saturated heterocycles. The average Bonchev–Trinajstić information content (AvgIpc) is 3.23. The topological polar surface area (TPSA) is 66.8 Å². The Balaban J connectivity index is 1.34. The van der Waals surface area contributed by atoms with Gasteiger partial charge in [0.25, 0.3) is 0 Å². The van der Waals surface area contributed by atoms with Crippen molar-refractivity contribution in [2.45, 2.75) is 156 Å². The lowest BCUT2D eigenvalue weighted by molar-refractivity contribution is -0.209. The molecule has 37 heavy (non-hydrogen) atoms. The molecule has 0 aromatic rings. The van der Waals surface area contributed by atoms with Crippen molar-refractivity contribution in [2.75, 3.05) is 0 Å². The van der Waals surface area contributed by atoms with Gasteiger partial charge in [-0.15, -0.1) is 0 Å². The number of aliphatic hydroxyl groups excluding tert-OH is 2. The number of hydrogen-bond donors (Lipinski definition) is 2. The highest BCUT2D eigenvalue weighted by Crippen LogP contribution is 2.68. The maximum atomic E-state index is 12.6. The highest BCUT2D eigenvalue weighted by Gasteiger charge is 2.65. The Morgan fingerprint density at radius 1 is 0.919 bits per heavy atom. The van der Waals surface area contributed by atoms with Gasteiger partial charge in [-0.1, -0.05) is 79.6 Å². The van der Waals surface area contributed by atoms with Crippen molar-refractivity contribution < 1.29 is 19.7 Å². The predicted molar refractivity (Wildman–Crippen MR) is 150 cm³/mol. The maximum Gasteiger partial charge on any atom is 0.306 e. The van der Waals surface area contributed by atoms with Gasteiger partial charge in [0.2, 0.25) is 0 Å². The molecule has 0 radical (unpaired) electrons. The van der Waals surface area contributed by atoms with Crippen LogP contribution < -0.4 is 0 Å². The molecule has 11 atom stereocenters. The van der Waals surface area contributed by atoms with Crippen LogP contribution in [0.25, 0.3) is 0 Å². The molecule has 5 unspecified atom stereocenters. The Labute approximate surface area is 227 Å². The van der Waals surface area contributed by atoms with E-state index in [-0.39, 0.29) is 35.1 Å². The molecule has 0 amide bonds. The molecule has 0 aromatic heterocycles. The number of unbranched alkanes of at least 4 members (excludes halogenated alkanes) is 6. The van der Waals surface area contributed by atoms with Gasteiger partial charge in [-0.25, -0.2) is 0 Å². The van der Waals surface area contributed by atoms with Crippen molar-refractivity contribution >= 4 is 5.97 Å². The Morgan fingerprint density at radius 2 is 1.62 bits per heavy atom. The second-order valence-corrected chi connectivity index (χ2v) is 14.2. The third kappa shape index (κ3) is 5.67. The smallest absolute Gasteiger partial charge is 0.306 e. The number of ether oxygens (including phenoxy) is 1. The van der Waals surface area contributed by atoms with Gasteiger partial charge in [0.05, 0.1) is 12.2 Å². The second-order valence-electron chi connectivity index (χ2n) is 14.2. The van der Waals surface area contributed by atoms with Crippen molar-refractivity contribution in [1.29, 1.82) is 0 Å². The van der Waals surface area contributed by atoms with Gasteiger partial charge in [-0.3, -0.25) is 4.79 Å². The molecule has 0 aromatic carbocycles. The van der Waals surface area contributed by atoms with Crippen LogP contribution in [0.5, 0.6) is 0 Å². The summed E-state index contributed by atoms with van der Waals surface area (Å²) >= 11 is 0. The summed E-state index contributed by atoms with van der Waals surface area (Å²) in [6, 6.07) is 0. The summed E-state index contributed by atoms with van der Waals surface area (Å²) in [5.74, 6) is 2.62. The van der Waals surface area contributed by atoms with Crippen molar-refractivity contribution in [3.05, 3.63) is 0 Å². The molecule has 4 rings (SSSR count). The van der Waals surface area contributed by atoms with Gasteiger partial charge in [0.1, 0.15) is 6.10 Å². The van der Waals surface area contributed by atoms with E-state index >= 15 is 0 Å². The van der Waals surface area contributed by atoms with E-state index < -0.39 is 0 Å². The number of carbonyl (C=O) groups excluding carboxylic acids is 1. The fourth-order valence-electron chi connectivity index (χ4n) is 9.98. The molecule has 4 fully saturated rings. The second kappa shape index (κ2) is 12.3. The van der Waals surface area contributed by atoms with Crippen LogP contribution in [-0.4, -0.2) is 34.5 Å². The lowest BCUT2D eigenvalue weighted by Crippen LogP contribution is -2.62. The molecular weight excluding hydrogens is 460 g/mol. The molecule has 4 aliphatic rings. The first kappa shape index (κ1) is 29.4. The summed E-state index contributed by atoms with van der Waals surface area (Å²) in [4.78, 5) is 12.6. The summed E-state index contributed by atoms with van der Waals surface area (Å²) in [5.41, 5.74) is 0.0611. The molecule has 2 N–H and O–H groups in total. The van der Waals surface area contributed by atoms with Crippen LogP contribution in [0.3, 0.4) is 0 Å². The summed E-state index contributed by atoms with van der Waals surface area (Å²) in [5, 5.41) is 23.3. The minimum atomic E-state index is -0.294. The molecule has 4 saturated carbocycles. The molecule has 0 heterocycles. The number of fused-ring (bicyclic) bond motifs is 5. The SMILES string of the molecule is CCCCCCCCCC(=O)O[C@@H]1CCC2(C)C3CC(O)C4(C)C([C@@H](C)CC)CC[C@H]4[C@H]3[C@@H](O)C[C@H]2C1. The molecule has 4 nitrogen and oxygen atoms in total. The fraction of sp³-hybridized carbons (Fsp3) is 0.970. The van der Waals surface area contributed by atoms with E-state index in [9.17, 15) is 15.0 Å². The van der Waals surface area contributed by atoms with E-state index in [0.29, 0.717) is 41.9 Å². The van der Waals surface area contributed by atoms with E-state index in [2.05, 4.69) is 34.6 Å². The third-order valence-electron chi connectivity index (χ3n) is 12.4. The quantitative estimate of drug-likeness (QED) is 0.217. The highest BCUT2D eigenvalue weighted by molar-refractivity contribution is 5.69. The molecule has 0 spiro atoms. The monoisotopic (exact) mass is 518 g/mol.